The molecule has 110 valence electrons. The third-order valence-corrected chi connectivity index (χ3v) is 3.64. The summed E-state index contributed by atoms with van der Waals surface area (Å²) in [4.78, 5) is 23.1. The molecule has 0 aromatic heterocycles. The molecule has 1 aliphatic rings. The molecule has 1 aromatic rings. The molecule has 0 saturated heterocycles. The number of hydrogen-bond donors (Lipinski definition) is 3. The Morgan fingerprint density at radius 2 is 1.60 bits per heavy atom. The zero-order chi connectivity index (χ0) is 13.8. The summed E-state index contributed by atoms with van der Waals surface area (Å²) >= 11 is 0. The predicted octanol–water partition coefficient (Wildman–Crippen LogP) is 1.46. The number of rotatable bonds is 3. The highest BCUT2D eigenvalue weighted by Gasteiger charge is 2.25. The zero-order valence-corrected chi connectivity index (χ0v) is 12.0. The number of amides is 2. The number of nitrogens with one attached hydrogen (secondary N) is 1. The molecule has 1 fully saturated rings. The molecule has 0 unspecified atom stereocenters. The van der Waals surface area contributed by atoms with Crippen LogP contribution in [0.2, 0.25) is 0 Å². The first-order valence-corrected chi connectivity index (χ1v) is 6.52. The van der Waals surface area contributed by atoms with Crippen LogP contribution in [0.1, 0.15) is 36.0 Å². The van der Waals surface area contributed by atoms with Crippen LogP contribution in [-0.2, 0) is 4.79 Å². The Hall–Kier alpha value is -1.75. The van der Waals surface area contributed by atoms with Crippen LogP contribution in [0.15, 0.2) is 24.3 Å². The van der Waals surface area contributed by atoms with Gasteiger partial charge in [0, 0.05) is 23.2 Å². The molecule has 5 nitrogen and oxygen atoms in total. The number of carbonyl (C=O) groups is 2. The van der Waals surface area contributed by atoms with Gasteiger partial charge in [-0.05, 0) is 49.9 Å². The molecule has 5 N–H and O–H groups in total. The maximum atomic E-state index is 12.0. The molecule has 20 heavy (non-hydrogen) atoms. The van der Waals surface area contributed by atoms with E-state index in [0.29, 0.717) is 11.3 Å². The quantitative estimate of drug-likeness (QED) is 0.737. The van der Waals surface area contributed by atoms with E-state index in [4.69, 9.17) is 11.5 Å². The topological polar surface area (TPSA) is 98.2 Å². The van der Waals surface area contributed by atoms with Crippen molar-refractivity contribution in [1.29, 1.82) is 0 Å². The van der Waals surface area contributed by atoms with Crippen LogP contribution in [0.3, 0.4) is 0 Å². The van der Waals surface area contributed by atoms with Crippen molar-refractivity contribution in [2.75, 3.05) is 5.73 Å². The number of hydrogen-bond acceptors (Lipinski definition) is 3. The molecule has 2 rings (SSSR count). The smallest absolute Gasteiger partial charge is 0.251 e. The highest BCUT2D eigenvalue weighted by Crippen LogP contribution is 2.24. The van der Waals surface area contributed by atoms with Gasteiger partial charge < -0.3 is 16.8 Å². The maximum Gasteiger partial charge on any atom is 0.251 e. The van der Waals surface area contributed by atoms with Crippen LogP contribution in [0.5, 0.6) is 0 Å². The molecular weight excluding hydrogens is 278 g/mol. The molecular formula is C14H20ClN3O2. The lowest BCUT2D eigenvalue weighted by atomic mass is 9.85. The van der Waals surface area contributed by atoms with Crippen molar-refractivity contribution < 1.29 is 9.59 Å². The SMILES string of the molecule is Cl.NC(=O)C1CCC(NC(=O)c2ccc(N)cc2)CC1. The van der Waals surface area contributed by atoms with Crippen molar-refractivity contribution in [2.45, 2.75) is 31.7 Å². The first-order valence-electron chi connectivity index (χ1n) is 6.52. The molecule has 2 amide bonds. The minimum atomic E-state index is -0.233. The molecule has 6 heteroatoms. The Bertz CT molecular complexity index is 468. The van der Waals surface area contributed by atoms with Gasteiger partial charge in [-0.1, -0.05) is 0 Å². The number of anilines is 1. The fourth-order valence-electron chi connectivity index (χ4n) is 2.43. The minimum Gasteiger partial charge on any atom is -0.399 e. The Labute approximate surface area is 124 Å². The third kappa shape index (κ3) is 4.13. The van der Waals surface area contributed by atoms with Crippen molar-refractivity contribution in [2.24, 2.45) is 11.7 Å². The van der Waals surface area contributed by atoms with E-state index in [1.54, 1.807) is 24.3 Å². The fourth-order valence-corrected chi connectivity index (χ4v) is 2.43. The number of nitrogens with two attached hydrogens (primary N) is 2. The van der Waals surface area contributed by atoms with Gasteiger partial charge in [-0.3, -0.25) is 9.59 Å². The Morgan fingerprint density at radius 3 is 2.10 bits per heavy atom. The highest BCUT2D eigenvalue weighted by atomic mass is 35.5. The van der Waals surface area contributed by atoms with E-state index < -0.39 is 0 Å². The van der Waals surface area contributed by atoms with E-state index in [-0.39, 0.29) is 36.2 Å². The van der Waals surface area contributed by atoms with Gasteiger partial charge >= 0.3 is 0 Å². The highest BCUT2D eigenvalue weighted by molar-refractivity contribution is 5.94. The molecule has 1 aliphatic carbocycles. The van der Waals surface area contributed by atoms with Gasteiger partial charge in [0.25, 0.3) is 5.91 Å². The molecule has 0 atom stereocenters. The second-order valence-corrected chi connectivity index (χ2v) is 5.05. The van der Waals surface area contributed by atoms with Gasteiger partial charge in [-0.2, -0.15) is 0 Å². The van der Waals surface area contributed by atoms with Gasteiger partial charge in [0.05, 0.1) is 0 Å². The van der Waals surface area contributed by atoms with E-state index in [1.165, 1.54) is 0 Å². The van der Waals surface area contributed by atoms with Crippen molar-refractivity contribution in [1.82, 2.24) is 5.32 Å². The number of carbonyl (C=O) groups excluding carboxylic acids is 2. The van der Waals surface area contributed by atoms with Gasteiger partial charge in [0.1, 0.15) is 0 Å². The number of benzene rings is 1. The molecule has 0 heterocycles. The fraction of sp³-hybridized carbons (Fsp3) is 0.429. The maximum absolute atomic E-state index is 12.0. The van der Waals surface area contributed by atoms with Gasteiger partial charge in [0.15, 0.2) is 0 Å². The summed E-state index contributed by atoms with van der Waals surface area (Å²) in [6.45, 7) is 0. The first kappa shape index (κ1) is 16.3. The molecule has 0 aliphatic heterocycles. The van der Waals surface area contributed by atoms with E-state index in [1.807, 2.05) is 0 Å². The number of nitrogen functional groups attached to an aromatic ring is 1. The van der Waals surface area contributed by atoms with Crippen LogP contribution in [0, 0.1) is 5.92 Å². The Morgan fingerprint density at radius 1 is 1.05 bits per heavy atom. The predicted molar refractivity (Wildman–Crippen MR) is 80.5 cm³/mol. The van der Waals surface area contributed by atoms with Gasteiger partial charge in [0.2, 0.25) is 5.91 Å². The van der Waals surface area contributed by atoms with Gasteiger partial charge in [-0.25, -0.2) is 0 Å². The summed E-state index contributed by atoms with van der Waals surface area (Å²) in [7, 11) is 0. The van der Waals surface area contributed by atoms with Crippen LogP contribution in [0.4, 0.5) is 5.69 Å². The molecule has 0 radical (unpaired) electrons. The van der Waals surface area contributed by atoms with E-state index in [2.05, 4.69) is 5.32 Å². The van der Waals surface area contributed by atoms with Crippen LogP contribution < -0.4 is 16.8 Å². The van der Waals surface area contributed by atoms with Crippen molar-refractivity contribution in [3.05, 3.63) is 29.8 Å². The molecule has 1 aromatic carbocycles. The summed E-state index contributed by atoms with van der Waals surface area (Å²) in [5.41, 5.74) is 12.1. The van der Waals surface area contributed by atoms with Gasteiger partial charge in [-0.15, -0.1) is 12.4 Å². The lowest BCUT2D eigenvalue weighted by Crippen LogP contribution is -2.39. The Balaban J connectivity index is 0.00000200. The summed E-state index contributed by atoms with van der Waals surface area (Å²) in [5.74, 6) is -0.365. The van der Waals surface area contributed by atoms with Crippen LogP contribution in [-0.4, -0.2) is 17.9 Å². The lowest BCUT2D eigenvalue weighted by molar-refractivity contribution is -0.122. The van der Waals surface area contributed by atoms with E-state index in [0.717, 1.165) is 25.7 Å². The minimum absolute atomic E-state index is 0. The largest absolute Gasteiger partial charge is 0.399 e. The third-order valence-electron chi connectivity index (χ3n) is 3.64. The zero-order valence-electron chi connectivity index (χ0n) is 11.2. The monoisotopic (exact) mass is 297 g/mol. The molecule has 0 bridgehead atoms. The Kier molecular flexibility index (Phi) is 5.82. The first-order chi connectivity index (χ1) is 9.06. The number of primary amides is 1. The summed E-state index contributed by atoms with van der Waals surface area (Å²) in [6.07, 6.45) is 3.10. The average molecular weight is 298 g/mol. The summed E-state index contributed by atoms with van der Waals surface area (Å²) in [6, 6.07) is 6.96. The van der Waals surface area contributed by atoms with Crippen molar-refractivity contribution in [3.63, 3.8) is 0 Å². The number of halogens is 1. The lowest BCUT2D eigenvalue weighted by Gasteiger charge is -2.27. The van der Waals surface area contributed by atoms with E-state index >= 15 is 0 Å². The normalized spacial score (nSPS) is 21.6. The molecule has 0 spiro atoms. The van der Waals surface area contributed by atoms with Crippen LogP contribution in [0.25, 0.3) is 0 Å². The second-order valence-electron chi connectivity index (χ2n) is 5.05. The summed E-state index contributed by atoms with van der Waals surface area (Å²) < 4.78 is 0. The van der Waals surface area contributed by atoms with Crippen molar-refractivity contribution in [3.8, 4) is 0 Å². The summed E-state index contributed by atoms with van der Waals surface area (Å²) in [5, 5.41) is 2.98. The van der Waals surface area contributed by atoms with E-state index in [9.17, 15) is 9.59 Å². The average Bonchev–Trinajstić information content (AvgIpc) is 2.40. The van der Waals surface area contributed by atoms with Crippen LogP contribution >= 0.6 is 12.4 Å². The standard InChI is InChI=1S/C14H19N3O2.ClH/c15-11-5-1-10(2-6-11)14(19)17-12-7-3-9(4-8-12)13(16)18;/h1-2,5-6,9,12H,3-4,7-8,15H2,(H2,16,18)(H,17,19);1H. The van der Waals surface area contributed by atoms with Crippen molar-refractivity contribution >= 4 is 29.9 Å². The second kappa shape index (κ2) is 7.14. The molecule has 1 saturated carbocycles.